The Balaban J connectivity index is 4.34. The summed E-state index contributed by atoms with van der Waals surface area (Å²) >= 11 is 0. The van der Waals surface area contributed by atoms with Crippen LogP contribution in [-0.2, 0) is 28.6 Å². The molecule has 0 aromatic heterocycles. The number of hydrogen-bond donors (Lipinski definition) is 0. The molecule has 0 aromatic carbocycles. The molecule has 0 spiro atoms. The van der Waals surface area contributed by atoms with Crippen LogP contribution in [0.5, 0.6) is 0 Å². The topological polar surface area (TPSA) is 78.9 Å². The Bertz CT molecular complexity index is 1410. The summed E-state index contributed by atoms with van der Waals surface area (Å²) in [6.07, 6.45) is 75.2. The van der Waals surface area contributed by atoms with E-state index in [2.05, 4.69) is 130 Å². The van der Waals surface area contributed by atoms with Crippen molar-refractivity contribution in [3.05, 3.63) is 109 Å². The molecule has 6 nitrogen and oxygen atoms in total. The van der Waals surface area contributed by atoms with Crippen LogP contribution in [0.1, 0.15) is 245 Å². The Morgan fingerprint density at radius 2 is 0.574 bits per heavy atom. The first-order valence-corrected chi connectivity index (χ1v) is 27.9. The zero-order chi connectivity index (χ0) is 49.3. The molecule has 6 heteroatoms. The molecule has 0 radical (unpaired) electrons. The van der Waals surface area contributed by atoms with Crippen LogP contribution < -0.4 is 0 Å². The number of unbranched alkanes of at least 4 members (excludes halogenated alkanes) is 20. The van der Waals surface area contributed by atoms with Gasteiger partial charge in [0.1, 0.15) is 13.2 Å². The van der Waals surface area contributed by atoms with Crippen LogP contribution in [0.15, 0.2) is 109 Å². The molecule has 386 valence electrons. The second-order valence-electron chi connectivity index (χ2n) is 18.1. The highest BCUT2D eigenvalue weighted by Crippen LogP contribution is 2.13. The van der Waals surface area contributed by atoms with Gasteiger partial charge in [0.25, 0.3) is 0 Å². The maximum atomic E-state index is 12.8. The van der Waals surface area contributed by atoms with Crippen LogP contribution in [0.2, 0.25) is 0 Å². The van der Waals surface area contributed by atoms with Gasteiger partial charge in [-0.1, -0.05) is 226 Å². The number of ether oxygens (including phenoxy) is 3. The van der Waals surface area contributed by atoms with Crippen LogP contribution in [0.4, 0.5) is 0 Å². The Kier molecular flexibility index (Phi) is 52.4. The standard InChI is InChI=1S/C62H102O6/c1-4-7-10-13-16-19-21-23-25-26-27-28-29-30-31-32-33-34-35-36-38-39-41-43-46-49-52-55-61(64)67-58-59(57-66-60(63)54-51-48-45-18-15-12-9-6-3)68-62(65)56-53-50-47-44-42-40-37-24-22-20-17-14-11-8-5-2/h7,10,16,19,23-25,27-28,30-31,33-34,36-38,41,43,59H,4-6,8-9,11-15,17-18,20-22,26,29,32,35,39-40,42,44-58H2,1-3H3/b10-7-,19-16-,25-23-,28-27-,31-30-,34-33-,37-24-,38-36-,43-41-. The minimum absolute atomic E-state index is 0.0954. The molecule has 0 aliphatic rings. The van der Waals surface area contributed by atoms with Crippen LogP contribution in [0.3, 0.4) is 0 Å². The first-order valence-electron chi connectivity index (χ1n) is 27.9. The van der Waals surface area contributed by atoms with Crippen molar-refractivity contribution in [2.45, 2.75) is 252 Å². The summed E-state index contributed by atoms with van der Waals surface area (Å²) in [5.74, 6) is -0.956. The molecule has 1 atom stereocenters. The first-order chi connectivity index (χ1) is 33.5. The third-order valence-corrected chi connectivity index (χ3v) is 11.5. The van der Waals surface area contributed by atoms with Crippen molar-refractivity contribution in [2.75, 3.05) is 13.2 Å². The Morgan fingerprint density at radius 3 is 0.941 bits per heavy atom. The molecule has 0 heterocycles. The third kappa shape index (κ3) is 53.0. The molecule has 0 saturated heterocycles. The van der Waals surface area contributed by atoms with Crippen molar-refractivity contribution >= 4 is 17.9 Å². The summed E-state index contributed by atoms with van der Waals surface area (Å²) in [5.41, 5.74) is 0. The minimum Gasteiger partial charge on any atom is -0.462 e. The van der Waals surface area contributed by atoms with E-state index in [0.29, 0.717) is 19.3 Å². The van der Waals surface area contributed by atoms with Gasteiger partial charge in [-0.25, -0.2) is 0 Å². The van der Waals surface area contributed by atoms with Gasteiger partial charge in [0.15, 0.2) is 6.10 Å². The number of carbonyl (C=O) groups is 3. The van der Waals surface area contributed by atoms with Crippen LogP contribution >= 0.6 is 0 Å². The normalized spacial score (nSPS) is 12.9. The Hall–Kier alpha value is -3.93. The van der Waals surface area contributed by atoms with E-state index in [0.717, 1.165) is 122 Å². The zero-order valence-electron chi connectivity index (χ0n) is 44.1. The van der Waals surface area contributed by atoms with Gasteiger partial charge in [-0.15, -0.1) is 0 Å². The predicted octanol–water partition coefficient (Wildman–Crippen LogP) is 18.7. The molecule has 0 aliphatic heterocycles. The molecule has 0 amide bonds. The quantitative estimate of drug-likeness (QED) is 0.0262. The molecule has 0 aromatic rings. The maximum absolute atomic E-state index is 12.8. The van der Waals surface area contributed by atoms with E-state index in [9.17, 15) is 14.4 Å². The molecule has 0 fully saturated rings. The molecular formula is C62H102O6. The fraction of sp³-hybridized carbons (Fsp3) is 0.661. The monoisotopic (exact) mass is 943 g/mol. The minimum atomic E-state index is -0.799. The fourth-order valence-corrected chi connectivity index (χ4v) is 7.33. The average Bonchev–Trinajstić information content (AvgIpc) is 3.34. The Morgan fingerprint density at radius 1 is 0.309 bits per heavy atom. The van der Waals surface area contributed by atoms with Crippen molar-refractivity contribution in [1.29, 1.82) is 0 Å². The molecular weight excluding hydrogens is 841 g/mol. The van der Waals surface area contributed by atoms with E-state index in [4.69, 9.17) is 14.2 Å². The van der Waals surface area contributed by atoms with Gasteiger partial charge < -0.3 is 14.2 Å². The second kappa shape index (κ2) is 55.7. The Labute approximate surface area is 419 Å². The van der Waals surface area contributed by atoms with Crippen molar-refractivity contribution in [3.63, 3.8) is 0 Å². The van der Waals surface area contributed by atoms with Crippen molar-refractivity contribution in [2.24, 2.45) is 0 Å². The van der Waals surface area contributed by atoms with Crippen LogP contribution in [0.25, 0.3) is 0 Å². The van der Waals surface area contributed by atoms with Crippen LogP contribution in [0, 0.1) is 0 Å². The lowest BCUT2D eigenvalue weighted by Gasteiger charge is -2.18. The summed E-state index contributed by atoms with van der Waals surface area (Å²) in [4.78, 5) is 37.9. The molecule has 0 saturated carbocycles. The molecule has 0 N–H and O–H groups in total. The maximum Gasteiger partial charge on any atom is 0.306 e. The van der Waals surface area contributed by atoms with E-state index >= 15 is 0 Å². The number of carbonyl (C=O) groups excluding carboxylic acids is 3. The van der Waals surface area contributed by atoms with Gasteiger partial charge in [-0.2, -0.15) is 0 Å². The smallest absolute Gasteiger partial charge is 0.306 e. The number of rotatable bonds is 49. The molecule has 0 rings (SSSR count). The van der Waals surface area contributed by atoms with E-state index < -0.39 is 6.10 Å². The van der Waals surface area contributed by atoms with E-state index in [-0.39, 0.29) is 31.1 Å². The zero-order valence-corrected chi connectivity index (χ0v) is 44.1. The summed E-state index contributed by atoms with van der Waals surface area (Å²) in [5, 5.41) is 0. The van der Waals surface area contributed by atoms with Gasteiger partial charge in [-0.3, -0.25) is 14.4 Å². The number of allylic oxidation sites excluding steroid dienone is 18. The third-order valence-electron chi connectivity index (χ3n) is 11.5. The molecule has 0 aliphatic carbocycles. The van der Waals surface area contributed by atoms with E-state index in [1.54, 1.807) is 0 Å². The number of esters is 3. The van der Waals surface area contributed by atoms with Gasteiger partial charge in [0, 0.05) is 19.3 Å². The summed E-state index contributed by atoms with van der Waals surface area (Å²) in [6, 6.07) is 0. The van der Waals surface area contributed by atoms with Gasteiger partial charge in [-0.05, 0) is 109 Å². The van der Waals surface area contributed by atoms with Gasteiger partial charge in [0.2, 0.25) is 0 Å². The lowest BCUT2D eigenvalue weighted by Crippen LogP contribution is -2.30. The molecule has 1 unspecified atom stereocenters. The second-order valence-corrected chi connectivity index (χ2v) is 18.1. The first kappa shape index (κ1) is 64.1. The largest absolute Gasteiger partial charge is 0.462 e. The lowest BCUT2D eigenvalue weighted by atomic mass is 10.1. The van der Waals surface area contributed by atoms with Gasteiger partial charge >= 0.3 is 17.9 Å². The van der Waals surface area contributed by atoms with E-state index in [1.807, 2.05) is 0 Å². The van der Waals surface area contributed by atoms with Crippen molar-refractivity contribution in [3.8, 4) is 0 Å². The highest BCUT2D eigenvalue weighted by atomic mass is 16.6. The summed E-state index contributed by atoms with van der Waals surface area (Å²) in [6.45, 7) is 6.44. The average molecular weight is 943 g/mol. The fourth-order valence-electron chi connectivity index (χ4n) is 7.33. The predicted molar refractivity (Wildman–Crippen MR) is 293 cm³/mol. The highest BCUT2D eigenvalue weighted by molar-refractivity contribution is 5.71. The lowest BCUT2D eigenvalue weighted by molar-refractivity contribution is -0.167. The van der Waals surface area contributed by atoms with Crippen molar-refractivity contribution in [1.82, 2.24) is 0 Å². The summed E-state index contributed by atoms with van der Waals surface area (Å²) < 4.78 is 16.7. The summed E-state index contributed by atoms with van der Waals surface area (Å²) in [7, 11) is 0. The SMILES string of the molecule is CC/C=C\C/C=C\C/C=C\C/C=C\C/C=C\C/C=C\C/C=C\C/C=C\CCCCC(=O)OCC(COC(=O)CCCCCCCCCC)OC(=O)CCCCCCC/C=C\CCCCCCCC. The molecule has 0 bridgehead atoms. The van der Waals surface area contributed by atoms with Crippen molar-refractivity contribution < 1.29 is 28.6 Å². The van der Waals surface area contributed by atoms with Gasteiger partial charge in [0.05, 0.1) is 0 Å². The van der Waals surface area contributed by atoms with E-state index in [1.165, 1.54) is 83.5 Å². The number of hydrogen-bond acceptors (Lipinski definition) is 6. The van der Waals surface area contributed by atoms with Crippen LogP contribution in [-0.4, -0.2) is 37.2 Å². The highest BCUT2D eigenvalue weighted by Gasteiger charge is 2.19. The molecule has 68 heavy (non-hydrogen) atoms.